The van der Waals surface area contributed by atoms with Crippen molar-refractivity contribution in [1.29, 1.82) is 0 Å². The largest absolute Gasteiger partial charge is 0.371 e. The van der Waals surface area contributed by atoms with Gasteiger partial charge in [-0.25, -0.2) is 0 Å². The van der Waals surface area contributed by atoms with Crippen molar-refractivity contribution in [3.05, 3.63) is 29.8 Å². The number of nitrogens with two attached hydrogens (primary N) is 2. The van der Waals surface area contributed by atoms with E-state index >= 15 is 0 Å². The van der Waals surface area contributed by atoms with Crippen LogP contribution in [-0.2, 0) is 11.2 Å². The van der Waals surface area contributed by atoms with Crippen molar-refractivity contribution in [2.75, 3.05) is 18.0 Å². The van der Waals surface area contributed by atoms with E-state index in [4.69, 9.17) is 11.5 Å². The van der Waals surface area contributed by atoms with Crippen molar-refractivity contribution >= 4 is 11.6 Å². The number of carbonyl (C=O) groups is 1. The summed E-state index contributed by atoms with van der Waals surface area (Å²) in [6.45, 7) is 3.50. The molecule has 104 valence electrons. The summed E-state index contributed by atoms with van der Waals surface area (Å²) < 4.78 is 0. The maximum atomic E-state index is 11.3. The molecule has 1 aromatic rings. The molecule has 19 heavy (non-hydrogen) atoms. The van der Waals surface area contributed by atoms with Gasteiger partial charge in [0.1, 0.15) is 0 Å². The normalized spacial score (nSPS) is 18.3. The summed E-state index contributed by atoms with van der Waals surface area (Å²) in [4.78, 5) is 13.6. The summed E-state index contributed by atoms with van der Waals surface area (Å²) in [7, 11) is 0. The van der Waals surface area contributed by atoms with E-state index in [1.807, 2.05) is 0 Å². The molecule has 0 spiro atoms. The molecule has 1 unspecified atom stereocenters. The van der Waals surface area contributed by atoms with Crippen LogP contribution >= 0.6 is 0 Å². The molecule has 0 saturated heterocycles. The Morgan fingerprint density at radius 2 is 2.11 bits per heavy atom. The minimum Gasteiger partial charge on any atom is -0.371 e. The summed E-state index contributed by atoms with van der Waals surface area (Å²) in [5.41, 5.74) is 13.0. The number of nitrogens with zero attached hydrogens (tertiary/aromatic N) is 1. The zero-order chi connectivity index (χ0) is 13.9. The Balaban J connectivity index is 2.10. The Labute approximate surface area is 114 Å². The zero-order valence-electron chi connectivity index (χ0n) is 11.6. The minimum absolute atomic E-state index is 0.435. The number of hydrogen-bond donors (Lipinski definition) is 2. The number of para-hydroxylation sites is 1. The molecule has 1 atom stereocenters. The van der Waals surface area contributed by atoms with E-state index in [0.29, 0.717) is 6.42 Å². The van der Waals surface area contributed by atoms with Crippen LogP contribution in [0.15, 0.2) is 24.3 Å². The molecule has 1 aliphatic heterocycles. The molecule has 1 aliphatic rings. The predicted molar refractivity (Wildman–Crippen MR) is 78.0 cm³/mol. The third kappa shape index (κ3) is 3.26. The van der Waals surface area contributed by atoms with Crippen molar-refractivity contribution in [2.24, 2.45) is 11.5 Å². The van der Waals surface area contributed by atoms with Crippen molar-refractivity contribution < 1.29 is 4.79 Å². The molecule has 2 rings (SSSR count). The molecular formula is C15H23N3O. The van der Waals surface area contributed by atoms with Gasteiger partial charge < -0.3 is 16.4 Å². The van der Waals surface area contributed by atoms with Gasteiger partial charge in [-0.2, -0.15) is 0 Å². The molecule has 0 aromatic heterocycles. The van der Waals surface area contributed by atoms with E-state index in [1.165, 1.54) is 24.1 Å². The molecule has 4 nitrogen and oxygen atoms in total. The van der Waals surface area contributed by atoms with E-state index in [2.05, 4.69) is 29.2 Å². The van der Waals surface area contributed by atoms with Crippen molar-refractivity contribution in [1.82, 2.24) is 0 Å². The quantitative estimate of drug-likeness (QED) is 0.861. The predicted octanol–water partition coefficient (Wildman–Crippen LogP) is 1.42. The molecule has 1 amide bonds. The van der Waals surface area contributed by atoms with E-state index in [9.17, 15) is 4.79 Å². The van der Waals surface area contributed by atoms with Crippen LogP contribution in [0.25, 0.3) is 0 Å². The topological polar surface area (TPSA) is 72.3 Å². The molecule has 4 heteroatoms. The molecule has 0 bridgehead atoms. The van der Waals surface area contributed by atoms with Gasteiger partial charge in [0.25, 0.3) is 0 Å². The molecule has 0 saturated carbocycles. The number of rotatable bonds is 4. The molecule has 0 aliphatic carbocycles. The van der Waals surface area contributed by atoms with Crippen LogP contribution in [0.2, 0.25) is 0 Å². The maximum Gasteiger partial charge on any atom is 0.237 e. The lowest BCUT2D eigenvalue weighted by molar-refractivity contribution is -0.122. The van der Waals surface area contributed by atoms with Crippen LogP contribution in [0, 0.1) is 0 Å². The Bertz CT molecular complexity index is 456. The van der Waals surface area contributed by atoms with Crippen LogP contribution in [0.5, 0.6) is 0 Å². The van der Waals surface area contributed by atoms with Crippen molar-refractivity contribution in [2.45, 2.75) is 38.1 Å². The third-order valence-corrected chi connectivity index (χ3v) is 3.92. The molecular weight excluding hydrogens is 238 g/mol. The number of anilines is 1. The number of carbonyl (C=O) groups excluding carboxylic acids is 1. The first-order valence-corrected chi connectivity index (χ1v) is 6.92. The van der Waals surface area contributed by atoms with E-state index in [1.54, 1.807) is 6.92 Å². The average molecular weight is 261 g/mol. The molecule has 0 fully saturated rings. The highest BCUT2D eigenvalue weighted by Gasteiger charge is 2.26. The fourth-order valence-corrected chi connectivity index (χ4v) is 2.49. The van der Waals surface area contributed by atoms with Gasteiger partial charge in [-0.05, 0) is 44.2 Å². The number of hydrogen-bond acceptors (Lipinski definition) is 3. The minimum atomic E-state index is -0.929. The van der Waals surface area contributed by atoms with Crippen LogP contribution in [0.1, 0.15) is 31.7 Å². The van der Waals surface area contributed by atoms with Gasteiger partial charge in [0, 0.05) is 18.8 Å². The number of amides is 1. The Morgan fingerprint density at radius 1 is 1.37 bits per heavy atom. The summed E-state index contributed by atoms with van der Waals surface area (Å²) in [6, 6.07) is 8.48. The van der Waals surface area contributed by atoms with Gasteiger partial charge >= 0.3 is 0 Å². The van der Waals surface area contributed by atoms with Gasteiger partial charge in [-0.15, -0.1) is 0 Å². The van der Waals surface area contributed by atoms with Crippen LogP contribution in [0.4, 0.5) is 5.69 Å². The monoisotopic (exact) mass is 261 g/mol. The lowest BCUT2D eigenvalue weighted by atomic mass is 9.98. The highest BCUT2D eigenvalue weighted by atomic mass is 16.1. The second kappa shape index (κ2) is 5.61. The SMILES string of the molecule is CC(N)(CCN1CCCCc2ccccc21)C(N)=O. The standard InChI is InChI=1S/C15H23N3O/c1-15(17,14(16)19)9-11-18-10-5-4-7-12-6-2-3-8-13(12)18/h2-3,6,8H,4-5,7,9-11,17H2,1H3,(H2,16,19). The summed E-state index contributed by atoms with van der Waals surface area (Å²) in [6.07, 6.45) is 4.09. The lowest BCUT2D eigenvalue weighted by Crippen LogP contribution is -2.51. The number of aryl methyl sites for hydroxylation is 1. The first kappa shape index (κ1) is 13.9. The van der Waals surface area contributed by atoms with E-state index < -0.39 is 11.4 Å². The summed E-state index contributed by atoms with van der Waals surface area (Å²) in [5.74, 6) is -0.435. The molecule has 1 heterocycles. The maximum absolute atomic E-state index is 11.3. The zero-order valence-corrected chi connectivity index (χ0v) is 11.6. The van der Waals surface area contributed by atoms with Crippen molar-refractivity contribution in [3.8, 4) is 0 Å². The summed E-state index contributed by atoms with van der Waals surface area (Å²) in [5, 5.41) is 0. The highest BCUT2D eigenvalue weighted by molar-refractivity contribution is 5.83. The smallest absolute Gasteiger partial charge is 0.237 e. The first-order chi connectivity index (χ1) is 9.00. The van der Waals surface area contributed by atoms with E-state index in [0.717, 1.165) is 19.5 Å². The number of primary amides is 1. The highest BCUT2D eigenvalue weighted by Crippen LogP contribution is 2.26. The third-order valence-electron chi connectivity index (χ3n) is 3.92. The molecule has 0 radical (unpaired) electrons. The second-order valence-corrected chi connectivity index (χ2v) is 5.60. The van der Waals surface area contributed by atoms with Gasteiger partial charge in [-0.1, -0.05) is 18.2 Å². The van der Waals surface area contributed by atoms with Crippen LogP contribution in [0.3, 0.4) is 0 Å². The fraction of sp³-hybridized carbons (Fsp3) is 0.533. The van der Waals surface area contributed by atoms with Gasteiger partial charge in [0.05, 0.1) is 5.54 Å². The lowest BCUT2D eigenvalue weighted by Gasteiger charge is -2.29. The van der Waals surface area contributed by atoms with Crippen LogP contribution < -0.4 is 16.4 Å². The fourth-order valence-electron chi connectivity index (χ4n) is 2.49. The Kier molecular flexibility index (Phi) is 4.10. The van der Waals surface area contributed by atoms with Crippen LogP contribution in [-0.4, -0.2) is 24.5 Å². The first-order valence-electron chi connectivity index (χ1n) is 6.92. The van der Waals surface area contributed by atoms with Gasteiger partial charge in [0.15, 0.2) is 0 Å². The van der Waals surface area contributed by atoms with Gasteiger partial charge in [-0.3, -0.25) is 4.79 Å². The summed E-state index contributed by atoms with van der Waals surface area (Å²) >= 11 is 0. The van der Waals surface area contributed by atoms with Gasteiger partial charge in [0.2, 0.25) is 5.91 Å². The molecule has 1 aromatic carbocycles. The Hall–Kier alpha value is -1.55. The van der Waals surface area contributed by atoms with Crippen molar-refractivity contribution in [3.63, 3.8) is 0 Å². The van der Waals surface area contributed by atoms with E-state index in [-0.39, 0.29) is 0 Å². The molecule has 4 N–H and O–H groups in total. The second-order valence-electron chi connectivity index (χ2n) is 5.60. The average Bonchev–Trinajstić information content (AvgIpc) is 2.58. The Morgan fingerprint density at radius 3 is 2.84 bits per heavy atom. The number of fused-ring (bicyclic) bond motifs is 1. The number of benzene rings is 1.